The number of hydrogen-bond acceptors (Lipinski definition) is 1. The predicted molar refractivity (Wildman–Crippen MR) is 70.4 cm³/mol. The molecule has 1 heterocycles. The number of nitrogens with zero attached hydrogens (tertiary/aromatic N) is 1. The SMILES string of the molecule is COc1ccc2c(F)c(-c3ccccc3)n(F)c2c1. The molecule has 96 valence electrons. The van der Waals surface area contributed by atoms with E-state index in [1.54, 1.807) is 36.4 Å². The van der Waals surface area contributed by atoms with Crippen LogP contribution < -0.4 is 4.74 Å². The zero-order valence-corrected chi connectivity index (χ0v) is 10.2. The number of fused-ring (bicyclic) bond motifs is 1. The Morgan fingerprint density at radius 2 is 1.79 bits per heavy atom. The molecule has 0 N–H and O–H groups in total. The first kappa shape index (κ1) is 11.7. The molecule has 0 bridgehead atoms. The summed E-state index contributed by atoms with van der Waals surface area (Å²) in [6.07, 6.45) is 0. The summed E-state index contributed by atoms with van der Waals surface area (Å²) < 4.78 is 33.7. The number of rotatable bonds is 2. The predicted octanol–water partition coefficient (Wildman–Crippen LogP) is 4.19. The molecule has 0 amide bonds. The first-order chi connectivity index (χ1) is 9.22. The number of benzene rings is 2. The minimum absolute atomic E-state index is 0.0659. The molecule has 0 saturated heterocycles. The van der Waals surface area contributed by atoms with Gasteiger partial charge in [0.1, 0.15) is 11.4 Å². The molecular formula is C15H11F2NO. The van der Waals surface area contributed by atoms with Gasteiger partial charge in [-0.3, -0.25) is 0 Å². The maximum atomic E-state index is 14.3. The second-order valence-corrected chi connectivity index (χ2v) is 4.19. The molecule has 2 nitrogen and oxygen atoms in total. The highest BCUT2D eigenvalue weighted by Crippen LogP contribution is 2.34. The molecule has 0 saturated carbocycles. The van der Waals surface area contributed by atoms with Crippen LogP contribution in [0, 0.1) is 5.82 Å². The molecule has 0 aliphatic carbocycles. The lowest BCUT2D eigenvalue weighted by Crippen LogP contribution is -1.88. The summed E-state index contributed by atoms with van der Waals surface area (Å²) in [4.78, 5) is 0.364. The maximum absolute atomic E-state index is 14.3. The largest absolute Gasteiger partial charge is 0.497 e. The quantitative estimate of drug-likeness (QED) is 0.673. The standard InChI is InChI=1S/C15H11F2NO/c1-19-11-7-8-12-13(9-11)18(17)15(14(12)16)10-5-3-2-4-6-10/h2-9H,1H3. The number of methoxy groups -OCH3 is 1. The Balaban J connectivity index is 2.32. The van der Waals surface area contributed by atoms with Gasteiger partial charge in [0.2, 0.25) is 0 Å². The van der Waals surface area contributed by atoms with Crippen LogP contribution in [0.1, 0.15) is 0 Å². The van der Waals surface area contributed by atoms with Gasteiger partial charge in [-0.25, -0.2) is 4.39 Å². The van der Waals surface area contributed by atoms with E-state index in [1.807, 2.05) is 0 Å². The summed E-state index contributed by atoms with van der Waals surface area (Å²) in [6.45, 7) is 0. The van der Waals surface area contributed by atoms with E-state index in [4.69, 9.17) is 4.74 Å². The third kappa shape index (κ3) is 1.76. The van der Waals surface area contributed by atoms with E-state index in [1.165, 1.54) is 19.2 Å². The highest BCUT2D eigenvalue weighted by Gasteiger charge is 2.19. The Morgan fingerprint density at radius 1 is 1.05 bits per heavy atom. The summed E-state index contributed by atoms with van der Waals surface area (Å²) in [5, 5.41) is 0.238. The normalized spacial score (nSPS) is 10.9. The topological polar surface area (TPSA) is 14.2 Å². The summed E-state index contributed by atoms with van der Waals surface area (Å²) >= 11 is 0. The van der Waals surface area contributed by atoms with Gasteiger partial charge in [0.25, 0.3) is 0 Å². The number of hydrogen-bond donors (Lipinski definition) is 0. The molecule has 4 heteroatoms. The van der Waals surface area contributed by atoms with Gasteiger partial charge < -0.3 is 4.74 Å². The van der Waals surface area contributed by atoms with E-state index in [2.05, 4.69) is 0 Å². The first-order valence-corrected chi connectivity index (χ1v) is 5.82. The Kier molecular flexibility index (Phi) is 2.71. The van der Waals surface area contributed by atoms with Crippen molar-refractivity contribution in [3.05, 3.63) is 54.3 Å². The van der Waals surface area contributed by atoms with Crippen LogP contribution in [0.3, 0.4) is 0 Å². The average molecular weight is 259 g/mol. The number of aromatic nitrogens is 1. The fourth-order valence-corrected chi connectivity index (χ4v) is 2.16. The fraction of sp³-hybridized carbons (Fsp3) is 0.0667. The van der Waals surface area contributed by atoms with Gasteiger partial charge in [-0.15, -0.1) is 0 Å². The fourth-order valence-electron chi connectivity index (χ4n) is 2.16. The van der Waals surface area contributed by atoms with Crippen LogP contribution in [-0.2, 0) is 0 Å². The summed E-state index contributed by atoms with van der Waals surface area (Å²) in [6, 6.07) is 13.2. The zero-order chi connectivity index (χ0) is 13.4. The van der Waals surface area contributed by atoms with E-state index < -0.39 is 5.82 Å². The van der Waals surface area contributed by atoms with Crippen LogP contribution in [-0.4, -0.2) is 11.9 Å². The van der Waals surface area contributed by atoms with Gasteiger partial charge in [0, 0.05) is 17.0 Å². The molecule has 1 aromatic heterocycles. The molecule has 19 heavy (non-hydrogen) atoms. The van der Waals surface area contributed by atoms with Crippen LogP contribution in [0.5, 0.6) is 5.75 Å². The third-order valence-corrected chi connectivity index (χ3v) is 3.10. The molecule has 3 aromatic rings. The summed E-state index contributed by atoms with van der Waals surface area (Å²) in [5.74, 6) is -0.0742. The maximum Gasteiger partial charge on any atom is 0.159 e. The van der Waals surface area contributed by atoms with Crippen molar-refractivity contribution in [2.45, 2.75) is 0 Å². The smallest absolute Gasteiger partial charge is 0.159 e. The van der Waals surface area contributed by atoms with Gasteiger partial charge in [-0.2, -0.15) is 4.79 Å². The number of halogens is 2. The van der Waals surface area contributed by atoms with E-state index in [0.717, 1.165) is 0 Å². The van der Waals surface area contributed by atoms with Crippen molar-refractivity contribution >= 4 is 10.9 Å². The Hall–Kier alpha value is -2.36. The Morgan fingerprint density at radius 3 is 2.47 bits per heavy atom. The van der Waals surface area contributed by atoms with Gasteiger partial charge >= 0.3 is 0 Å². The second kappa shape index (κ2) is 4.39. The highest BCUT2D eigenvalue weighted by molar-refractivity contribution is 5.88. The van der Waals surface area contributed by atoms with Crippen LogP contribution in [0.4, 0.5) is 8.87 Å². The zero-order valence-electron chi connectivity index (χ0n) is 10.2. The lowest BCUT2D eigenvalue weighted by atomic mass is 10.1. The monoisotopic (exact) mass is 259 g/mol. The first-order valence-electron chi connectivity index (χ1n) is 5.82. The van der Waals surface area contributed by atoms with Gasteiger partial charge in [-0.1, -0.05) is 34.8 Å². The molecule has 0 fully saturated rings. The molecule has 0 aliphatic heterocycles. The molecule has 0 radical (unpaired) electrons. The van der Waals surface area contributed by atoms with Crippen molar-refractivity contribution in [1.82, 2.24) is 4.79 Å². The lowest BCUT2D eigenvalue weighted by molar-refractivity contribution is 0.386. The van der Waals surface area contributed by atoms with Crippen molar-refractivity contribution < 1.29 is 13.6 Å². The summed E-state index contributed by atoms with van der Waals surface area (Å²) in [7, 11) is 1.49. The molecular weight excluding hydrogens is 248 g/mol. The van der Waals surface area contributed by atoms with E-state index >= 15 is 0 Å². The minimum Gasteiger partial charge on any atom is -0.497 e. The Labute approximate surface area is 108 Å². The average Bonchev–Trinajstić information content (AvgIpc) is 2.71. The van der Waals surface area contributed by atoms with Crippen molar-refractivity contribution in [1.29, 1.82) is 0 Å². The van der Waals surface area contributed by atoms with Crippen molar-refractivity contribution in [2.75, 3.05) is 7.11 Å². The molecule has 3 rings (SSSR count). The van der Waals surface area contributed by atoms with E-state index in [-0.39, 0.29) is 16.6 Å². The van der Waals surface area contributed by atoms with E-state index in [9.17, 15) is 8.87 Å². The van der Waals surface area contributed by atoms with Gasteiger partial charge in [0.15, 0.2) is 5.82 Å². The summed E-state index contributed by atoms with van der Waals surface area (Å²) in [5.41, 5.74) is 0.595. The molecule has 0 atom stereocenters. The Bertz CT molecular complexity index is 735. The van der Waals surface area contributed by atoms with Crippen LogP contribution in [0.2, 0.25) is 0 Å². The molecule has 0 spiro atoms. The van der Waals surface area contributed by atoms with Crippen molar-refractivity contribution in [3.63, 3.8) is 0 Å². The lowest BCUT2D eigenvalue weighted by Gasteiger charge is -2.01. The van der Waals surface area contributed by atoms with Crippen molar-refractivity contribution in [3.8, 4) is 17.0 Å². The molecule has 0 aliphatic rings. The second-order valence-electron chi connectivity index (χ2n) is 4.19. The number of ether oxygens (including phenoxy) is 1. The van der Waals surface area contributed by atoms with Crippen LogP contribution >= 0.6 is 0 Å². The molecule has 2 aromatic carbocycles. The van der Waals surface area contributed by atoms with Crippen LogP contribution in [0.25, 0.3) is 22.2 Å². The minimum atomic E-state index is -0.564. The molecule has 0 unspecified atom stereocenters. The van der Waals surface area contributed by atoms with Crippen LogP contribution in [0.15, 0.2) is 48.5 Å². The van der Waals surface area contributed by atoms with Gasteiger partial charge in [-0.05, 0) is 12.1 Å². The third-order valence-electron chi connectivity index (χ3n) is 3.10. The highest BCUT2D eigenvalue weighted by atomic mass is 19.2. The van der Waals surface area contributed by atoms with Gasteiger partial charge in [0.05, 0.1) is 12.6 Å². The van der Waals surface area contributed by atoms with Crippen molar-refractivity contribution in [2.24, 2.45) is 0 Å². The van der Waals surface area contributed by atoms with E-state index in [0.29, 0.717) is 16.1 Å².